The van der Waals surface area contributed by atoms with E-state index in [0.717, 1.165) is 25.9 Å². The first-order chi connectivity index (χ1) is 9.66. The molecule has 0 atom stereocenters. The molecule has 3 rings (SSSR count). The first-order valence-corrected chi connectivity index (χ1v) is 6.54. The molecule has 1 fully saturated rings. The Balaban J connectivity index is 1.98. The molecule has 0 spiro atoms. The molecule has 6 heteroatoms. The van der Waals surface area contributed by atoms with Crippen LogP contribution in [-0.2, 0) is 0 Å². The summed E-state index contributed by atoms with van der Waals surface area (Å²) in [4.78, 5) is 25.3. The number of anilines is 1. The molecule has 1 aliphatic heterocycles. The van der Waals surface area contributed by atoms with Gasteiger partial charge in [-0.05, 0) is 25.0 Å². The van der Waals surface area contributed by atoms with E-state index in [1.54, 1.807) is 23.1 Å². The highest BCUT2D eigenvalue weighted by atomic mass is 16.3. The monoisotopic (exact) mass is 273 g/mol. The van der Waals surface area contributed by atoms with Crippen LogP contribution < -0.4 is 11.1 Å². The smallest absolute Gasteiger partial charge is 0.321 e. The summed E-state index contributed by atoms with van der Waals surface area (Å²) < 4.78 is 5.42. The van der Waals surface area contributed by atoms with Gasteiger partial charge in [0.05, 0.1) is 0 Å². The molecule has 0 radical (unpaired) electrons. The minimum Gasteiger partial charge on any atom is -0.449 e. The standard InChI is InChI=1S/C14H15N3O3/c15-13(18)12-11(9-5-1-2-6-10(9)20-12)16-14(19)17-7-3-4-8-17/h1-2,5-6H,3-4,7-8H2,(H2,15,18)(H,16,19). The fourth-order valence-corrected chi connectivity index (χ4v) is 2.45. The van der Waals surface area contributed by atoms with Crippen molar-refractivity contribution in [2.24, 2.45) is 5.73 Å². The number of hydrogen-bond acceptors (Lipinski definition) is 3. The third-order valence-corrected chi connectivity index (χ3v) is 3.44. The molecular weight excluding hydrogens is 258 g/mol. The van der Waals surface area contributed by atoms with Crippen LogP contribution in [0.5, 0.6) is 0 Å². The Hall–Kier alpha value is -2.50. The van der Waals surface area contributed by atoms with Gasteiger partial charge >= 0.3 is 6.03 Å². The number of primary amides is 1. The average Bonchev–Trinajstić information content (AvgIpc) is 3.06. The number of rotatable bonds is 2. The number of nitrogens with two attached hydrogens (primary N) is 1. The van der Waals surface area contributed by atoms with Gasteiger partial charge in [-0.25, -0.2) is 4.79 Å². The summed E-state index contributed by atoms with van der Waals surface area (Å²) in [5.41, 5.74) is 6.19. The highest BCUT2D eigenvalue weighted by Gasteiger charge is 2.23. The molecule has 3 amide bonds. The van der Waals surface area contributed by atoms with Crippen LogP contribution in [0, 0.1) is 0 Å². The number of carbonyl (C=O) groups is 2. The second-order valence-electron chi connectivity index (χ2n) is 4.79. The number of hydrogen-bond donors (Lipinski definition) is 2. The maximum atomic E-state index is 12.2. The molecule has 2 aromatic rings. The second-order valence-corrected chi connectivity index (χ2v) is 4.79. The van der Waals surface area contributed by atoms with E-state index >= 15 is 0 Å². The maximum absolute atomic E-state index is 12.2. The maximum Gasteiger partial charge on any atom is 0.321 e. The molecule has 1 saturated heterocycles. The minimum atomic E-state index is -0.696. The zero-order valence-electron chi connectivity index (χ0n) is 10.9. The number of para-hydroxylation sites is 1. The zero-order valence-corrected chi connectivity index (χ0v) is 10.9. The molecule has 1 aliphatic rings. The SMILES string of the molecule is NC(=O)c1oc2ccccc2c1NC(=O)N1CCCC1. The minimum absolute atomic E-state index is 0.0150. The van der Waals surface area contributed by atoms with Crippen molar-refractivity contribution in [2.75, 3.05) is 18.4 Å². The number of benzene rings is 1. The summed E-state index contributed by atoms with van der Waals surface area (Å²) >= 11 is 0. The van der Waals surface area contributed by atoms with Crippen molar-refractivity contribution in [2.45, 2.75) is 12.8 Å². The molecule has 1 aromatic carbocycles. The lowest BCUT2D eigenvalue weighted by Gasteiger charge is -2.15. The van der Waals surface area contributed by atoms with E-state index in [4.69, 9.17) is 10.2 Å². The normalized spacial score (nSPS) is 14.7. The number of urea groups is 1. The third kappa shape index (κ3) is 2.09. The lowest BCUT2D eigenvalue weighted by Crippen LogP contribution is -2.32. The molecule has 0 aliphatic carbocycles. The molecule has 2 heterocycles. The fraction of sp³-hybridized carbons (Fsp3) is 0.286. The fourth-order valence-electron chi connectivity index (χ4n) is 2.45. The molecule has 0 unspecified atom stereocenters. The molecule has 3 N–H and O–H groups in total. The van der Waals surface area contributed by atoms with Crippen LogP contribution >= 0.6 is 0 Å². The first kappa shape index (κ1) is 12.5. The third-order valence-electron chi connectivity index (χ3n) is 3.44. The van der Waals surface area contributed by atoms with Crippen LogP contribution in [0.3, 0.4) is 0 Å². The Morgan fingerprint density at radius 3 is 2.60 bits per heavy atom. The lowest BCUT2D eigenvalue weighted by atomic mass is 10.2. The van der Waals surface area contributed by atoms with Gasteiger partial charge in [0.15, 0.2) is 0 Å². The lowest BCUT2D eigenvalue weighted by molar-refractivity contribution is 0.0977. The summed E-state index contributed by atoms with van der Waals surface area (Å²) in [6, 6.07) is 6.89. The Kier molecular flexibility index (Phi) is 3.06. The van der Waals surface area contributed by atoms with Crippen LogP contribution in [0.2, 0.25) is 0 Å². The Bertz CT molecular complexity index is 671. The number of carbonyl (C=O) groups excluding carboxylic acids is 2. The van der Waals surface area contributed by atoms with Crippen LogP contribution in [0.1, 0.15) is 23.4 Å². The highest BCUT2D eigenvalue weighted by molar-refractivity contribution is 6.10. The van der Waals surface area contributed by atoms with Gasteiger partial charge < -0.3 is 20.4 Å². The quantitative estimate of drug-likeness (QED) is 0.878. The van der Waals surface area contributed by atoms with Crippen molar-refractivity contribution < 1.29 is 14.0 Å². The van der Waals surface area contributed by atoms with E-state index in [9.17, 15) is 9.59 Å². The summed E-state index contributed by atoms with van der Waals surface area (Å²) in [5, 5.41) is 3.42. The Morgan fingerprint density at radius 1 is 1.20 bits per heavy atom. The number of furan rings is 1. The molecule has 6 nitrogen and oxygen atoms in total. The van der Waals surface area contributed by atoms with Gasteiger partial charge in [-0.1, -0.05) is 12.1 Å². The van der Waals surface area contributed by atoms with Gasteiger partial charge in [0, 0.05) is 18.5 Å². The highest BCUT2D eigenvalue weighted by Crippen LogP contribution is 2.30. The van der Waals surface area contributed by atoms with Gasteiger partial charge in [0.1, 0.15) is 11.3 Å². The second kappa shape index (κ2) is 4.88. The van der Waals surface area contributed by atoms with E-state index in [2.05, 4.69) is 5.32 Å². The van der Waals surface area contributed by atoms with Crippen LogP contribution in [-0.4, -0.2) is 29.9 Å². The molecule has 0 saturated carbocycles. The number of fused-ring (bicyclic) bond motifs is 1. The number of nitrogens with zero attached hydrogens (tertiary/aromatic N) is 1. The predicted octanol–water partition coefficient (Wildman–Crippen LogP) is 2.16. The number of amides is 3. The Labute approximate surface area is 115 Å². The van der Waals surface area contributed by atoms with Gasteiger partial charge in [0.2, 0.25) is 5.76 Å². The number of likely N-dealkylation sites (tertiary alicyclic amines) is 1. The van der Waals surface area contributed by atoms with Crippen molar-refractivity contribution in [3.05, 3.63) is 30.0 Å². The molecular formula is C14H15N3O3. The zero-order chi connectivity index (χ0) is 14.1. The Morgan fingerprint density at radius 2 is 1.90 bits per heavy atom. The molecule has 1 aromatic heterocycles. The molecule has 20 heavy (non-hydrogen) atoms. The van der Waals surface area contributed by atoms with Crippen LogP contribution in [0.15, 0.2) is 28.7 Å². The van der Waals surface area contributed by atoms with Crippen molar-refractivity contribution >= 4 is 28.6 Å². The largest absolute Gasteiger partial charge is 0.449 e. The van der Waals surface area contributed by atoms with Crippen molar-refractivity contribution in [1.82, 2.24) is 4.90 Å². The van der Waals surface area contributed by atoms with E-state index in [1.807, 2.05) is 6.07 Å². The predicted molar refractivity (Wildman–Crippen MR) is 74.6 cm³/mol. The van der Waals surface area contributed by atoms with Gasteiger partial charge in [-0.3, -0.25) is 4.79 Å². The van der Waals surface area contributed by atoms with Crippen molar-refractivity contribution in [3.63, 3.8) is 0 Å². The van der Waals surface area contributed by atoms with Crippen LogP contribution in [0.4, 0.5) is 10.5 Å². The van der Waals surface area contributed by atoms with E-state index in [1.165, 1.54) is 0 Å². The topological polar surface area (TPSA) is 88.6 Å². The van der Waals surface area contributed by atoms with E-state index in [-0.39, 0.29) is 11.8 Å². The van der Waals surface area contributed by atoms with Gasteiger partial charge in [-0.15, -0.1) is 0 Å². The van der Waals surface area contributed by atoms with Crippen molar-refractivity contribution in [3.8, 4) is 0 Å². The van der Waals surface area contributed by atoms with Crippen LogP contribution in [0.25, 0.3) is 11.0 Å². The van der Waals surface area contributed by atoms with Crippen molar-refractivity contribution in [1.29, 1.82) is 0 Å². The summed E-state index contributed by atoms with van der Waals surface area (Å²) in [6.45, 7) is 1.46. The summed E-state index contributed by atoms with van der Waals surface area (Å²) in [5.74, 6) is -0.711. The summed E-state index contributed by atoms with van der Waals surface area (Å²) in [7, 11) is 0. The average molecular weight is 273 g/mol. The summed E-state index contributed by atoms with van der Waals surface area (Å²) in [6.07, 6.45) is 2.00. The van der Waals surface area contributed by atoms with E-state index in [0.29, 0.717) is 16.7 Å². The van der Waals surface area contributed by atoms with E-state index < -0.39 is 5.91 Å². The molecule has 104 valence electrons. The molecule has 0 bridgehead atoms. The van der Waals surface area contributed by atoms with Gasteiger partial charge in [0.25, 0.3) is 5.91 Å². The van der Waals surface area contributed by atoms with Gasteiger partial charge in [-0.2, -0.15) is 0 Å². The first-order valence-electron chi connectivity index (χ1n) is 6.54. The number of nitrogens with one attached hydrogen (secondary N) is 1.